The van der Waals surface area contributed by atoms with Crippen LogP contribution in [0.25, 0.3) is 0 Å². The van der Waals surface area contributed by atoms with Gasteiger partial charge in [0.15, 0.2) is 12.3 Å². The molecule has 13 heteroatoms. The van der Waals surface area contributed by atoms with Crippen molar-refractivity contribution in [2.45, 2.75) is 43.5 Å². The maximum atomic E-state index is 15.1. The average molecular weight is 403 g/mol. The number of nitrogens with zero attached hydrogens (tertiary/aromatic N) is 1. The highest BCUT2D eigenvalue weighted by Crippen LogP contribution is 2.60. The van der Waals surface area contributed by atoms with E-state index >= 15 is 4.39 Å². The Bertz CT molecular complexity index is 841. The average Bonchev–Trinajstić information content (AvgIpc) is 2.73. The SMILES string of the molecule is CC(C)OP1(=O)OC[C@H]2O[C@@H](n3cc(F)c(=O)[nH]c3=O)[C@](F)(Cl)[C@@H]2O1. The second kappa shape index (κ2) is 6.26. The van der Waals surface area contributed by atoms with E-state index in [0.717, 1.165) is 0 Å². The van der Waals surface area contributed by atoms with Crippen LogP contribution in [0, 0.1) is 5.82 Å². The van der Waals surface area contributed by atoms with Crippen LogP contribution in [0.2, 0.25) is 0 Å². The van der Waals surface area contributed by atoms with Crippen LogP contribution in [0.3, 0.4) is 0 Å². The second-order valence-electron chi connectivity index (χ2n) is 5.77. The van der Waals surface area contributed by atoms with E-state index in [4.69, 9.17) is 29.9 Å². The predicted octanol–water partition coefficient (Wildman–Crippen LogP) is 1.43. The minimum absolute atomic E-state index is 0.385. The van der Waals surface area contributed by atoms with Gasteiger partial charge in [-0.1, -0.05) is 11.6 Å². The summed E-state index contributed by atoms with van der Waals surface area (Å²) in [5, 5.41) is -2.90. The molecule has 1 N–H and O–H groups in total. The minimum atomic E-state index is -4.09. The van der Waals surface area contributed by atoms with Crippen molar-refractivity contribution in [2.75, 3.05) is 6.61 Å². The van der Waals surface area contributed by atoms with Crippen molar-refractivity contribution >= 4 is 19.4 Å². The van der Waals surface area contributed by atoms with Crippen molar-refractivity contribution < 1.29 is 31.7 Å². The lowest BCUT2D eigenvalue weighted by Gasteiger charge is -2.33. The highest BCUT2D eigenvalue weighted by molar-refractivity contribution is 7.48. The molecule has 3 rings (SSSR count). The molecule has 2 aliphatic heterocycles. The molecule has 5 atom stereocenters. The summed E-state index contributed by atoms with van der Waals surface area (Å²) in [7, 11) is -4.09. The lowest BCUT2D eigenvalue weighted by molar-refractivity contribution is -0.0750. The van der Waals surface area contributed by atoms with Crippen LogP contribution in [0.1, 0.15) is 20.1 Å². The first-order valence-electron chi connectivity index (χ1n) is 7.19. The molecule has 1 unspecified atom stereocenters. The van der Waals surface area contributed by atoms with Gasteiger partial charge in [-0.25, -0.2) is 13.8 Å². The van der Waals surface area contributed by atoms with E-state index < -0.39 is 54.6 Å². The van der Waals surface area contributed by atoms with Gasteiger partial charge < -0.3 is 4.74 Å². The van der Waals surface area contributed by atoms with Crippen LogP contribution in [0.15, 0.2) is 15.8 Å². The fourth-order valence-electron chi connectivity index (χ4n) is 2.51. The maximum absolute atomic E-state index is 15.1. The summed E-state index contributed by atoms with van der Waals surface area (Å²) in [5.41, 5.74) is -2.41. The van der Waals surface area contributed by atoms with Gasteiger partial charge in [-0.05, 0) is 13.8 Å². The number of aromatic nitrogens is 2. The Morgan fingerprint density at radius 1 is 1.52 bits per heavy atom. The van der Waals surface area contributed by atoms with Gasteiger partial charge in [0.1, 0.15) is 6.10 Å². The molecule has 0 bridgehead atoms. The van der Waals surface area contributed by atoms with E-state index in [1.54, 1.807) is 18.8 Å². The van der Waals surface area contributed by atoms with Crippen molar-refractivity contribution in [2.24, 2.45) is 0 Å². The van der Waals surface area contributed by atoms with E-state index in [0.29, 0.717) is 10.8 Å². The molecule has 0 radical (unpaired) electrons. The number of ether oxygens (including phenoxy) is 1. The fraction of sp³-hybridized carbons (Fsp3) is 0.667. The molecular formula is C12H14ClF2N2O7P. The second-order valence-corrected chi connectivity index (χ2v) is 7.92. The van der Waals surface area contributed by atoms with Gasteiger partial charge in [-0.2, -0.15) is 4.39 Å². The van der Waals surface area contributed by atoms with Gasteiger partial charge in [-0.15, -0.1) is 0 Å². The number of aromatic amines is 1. The first-order valence-corrected chi connectivity index (χ1v) is 9.03. The van der Waals surface area contributed by atoms with E-state index in [-0.39, 0.29) is 6.61 Å². The zero-order valence-corrected chi connectivity index (χ0v) is 14.6. The lowest BCUT2D eigenvalue weighted by Crippen LogP contribution is -2.45. The van der Waals surface area contributed by atoms with E-state index in [1.165, 1.54) is 0 Å². The van der Waals surface area contributed by atoms with Crippen molar-refractivity contribution in [3.8, 4) is 0 Å². The molecule has 140 valence electrons. The third kappa shape index (κ3) is 3.32. The van der Waals surface area contributed by atoms with Crippen LogP contribution in [-0.4, -0.2) is 39.6 Å². The molecule has 9 nitrogen and oxygen atoms in total. The van der Waals surface area contributed by atoms with Crippen LogP contribution >= 0.6 is 19.4 Å². The number of phosphoric ester groups is 1. The number of halogens is 3. The van der Waals surface area contributed by atoms with Crippen molar-refractivity contribution in [1.29, 1.82) is 0 Å². The van der Waals surface area contributed by atoms with Gasteiger partial charge in [0.05, 0.1) is 18.9 Å². The van der Waals surface area contributed by atoms with Gasteiger partial charge >= 0.3 is 13.5 Å². The number of fused-ring (bicyclic) bond motifs is 1. The Kier molecular flexibility index (Phi) is 4.68. The Labute approximate surface area is 144 Å². The standard InChI is InChI=1S/C12H14ClF2N2O7P/c1-5(2)23-25(20)21-4-7-8(24-25)12(13,15)10(22-7)17-3-6(14)9(18)16-11(17)19/h3,5,7-8,10H,4H2,1-2H3,(H,16,18,19)/t7-,8-,10-,12+,25?/m1/s1. The lowest BCUT2D eigenvalue weighted by atomic mass is 10.1. The Morgan fingerprint density at radius 3 is 2.84 bits per heavy atom. The number of phosphoric acid groups is 1. The zero-order chi connectivity index (χ0) is 18.6. The molecule has 0 spiro atoms. The molecule has 3 heterocycles. The number of rotatable bonds is 3. The Balaban J connectivity index is 1.94. The largest absolute Gasteiger partial charge is 0.475 e. The highest BCUT2D eigenvalue weighted by Gasteiger charge is 2.63. The first kappa shape index (κ1) is 18.7. The van der Waals surface area contributed by atoms with E-state index in [2.05, 4.69) is 0 Å². The zero-order valence-electron chi connectivity index (χ0n) is 13.0. The maximum Gasteiger partial charge on any atom is 0.475 e. The monoisotopic (exact) mass is 402 g/mol. The van der Waals surface area contributed by atoms with Gasteiger partial charge in [0, 0.05) is 0 Å². The Hall–Kier alpha value is -1.10. The first-order chi connectivity index (χ1) is 11.5. The topological polar surface area (TPSA) is 109 Å². The summed E-state index contributed by atoms with van der Waals surface area (Å²) in [6.45, 7) is 2.75. The summed E-state index contributed by atoms with van der Waals surface area (Å²) in [6, 6.07) is 0. The number of alkyl halides is 2. The minimum Gasteiger partial charge on any atom is -0.344 e. The van der Waals surface area contributed by atoms with E-state index in [9.17, 15) is 18.5 Å². The summed E-state index contributed by atoms with van der Waals surface area (Å²) in [6.07, 6.45) is -4.67. The highest BCUT2D eigenvalue weighted by atomic mass is 35.5. The molecular weight excluding hydrogens is 389 g/mol. The van der Waals surface area contributed by atoms with Gasteiger partial charge in [-0.3, -0.25) is 27.9 Å². The van der Waals surface area contributed by atoms with Crippen LogP contribution in [0.5, 0.6) is 0 Å². The number of hydrogen-bond donors (Lipinski definition) is 1. The third-order valence-corrected chi connectivity index (χ3v) is 5.54. The molecule has 0 aromatic carbocycles. The number of nitrogens with one attached hydrogen (secondary N) is 1. The molecule has 2 saturated heterocycles. The normalized spacial score (nSPS) is 38.1. The Morgan fingerprint density at radius 2 is 2.20 bits per heavy atom. The van der Waals surface area contributed by atoms with E-state index in [1.807, 2.05) is 0 Å². The van der Waals surface area contributed by atoms with Crippen molar-refractivity contribution in [1.82, 2.24) is 9.55 Å². The van der Waals surface area contributed by atoms with Gasteiger partial charge in [0.25, 0.3) is 10.7 Å². The quantitative estimate of drug-likeness (QED) is 0.601. The van der Waals surface area contributed by atoms with Crippen molar-refractivity contribution in [3.05, 3.63) is 32.9 Å². The fourth-order valence-corrected chi connectivity index (χ4v) is 4.50. The summed E-state index contributed by atoms with van der Waals surface area (Å²) in [4.78, 5) is 24.6. The molecule has 2 aliphatic rings. The summed E-state index contributed by atoms with van der Waals surface area (Å²) in [5.74, 6) is -1.34. The third-order valence-electron chi connectivity index (χ3n) is 3.51. The van der Waals surface area contributed by atoms with Crippen LogP contribution in [0.4, 0.5) is 8.78 Å². The van der Waals surface area contributed by atoms with Crippen molar-refractivity contribution in [3.63, 3.8) is 0 Å². The summed E-state index contributed by atoms with van der Waals surface area (Å²) >= 11 is 5.85. The predicted molar refractivity (Wildman–Crippen MR) is 79.5 cm³/mol. The number of hydrogen-bond acceptors (Lipinski definition) is 7. The molecule has 2 fully saturated rings. The number of H-pyrrole nitrogens is 1. The molecule has 1 aromatic heterocycles. The molecule has 1 aromatic rings. The van der Waals surface area contributed by atoms with Gasteiger partial charge in [0.2, 0.25) is 5.82 Å². The molecule has 25 heavy (non-hydrogen) atoms. The summed E-state index contributed by atoms with van der Waals surface area (Å²) < 4.78 is 61.7. The van der Waals surface area contributed by atoms with Crippen LogP contribution in [-0.2, 0) is 22.9 Å². The smallest absolute Gasteiger partial charge is 0.344 e. The molecule has 0 aliphatic carbocycles. The molecule has 0 amide bonds. The molecule has 0 saturated carbocycles. The van der Waals surface area contributed by atoms with Crippen LogP contribution < -0.4 is 11.2 Å².